The van der Waals surface area contributed by atoms with E-state index in [9.17, 15) is 4.79 Å². The lowest BCUT2D eigenvalue weighted by atomic mass is 10.4. The molecular formula is C10H16N2O3S. The number of anilines is 1. The highest BCUT2D eigenvalue weighted by Crippen LogP contribution is 2.14. The molecule has 1 aromatic rings. The number of aromatic carboxylic acids is 1. The number of carbonyl (C=O) groups is 1. The summed E-state index contributed by atoms with van der Waals surface area (Å²) in [6.45, 7) is 5.42. The van der Waals surface area contributed by atoms with Crippen LogP contribution in [0.25, 0.3) is 0 Å². The second kappa shape index (κ2) is 6.44. The Hall–Kier alpha value is -1.14. The molecule has 0 aliphatic heterocycles. The van der Waals surface area contributed by atoms with Crippen LogP contribution in [0.2, 0.25) is 0 Å². The molecule has 0 unspecified atom stereocenters. The van der Waals surface area contributed by atoms with Gasteiger partial charge in [-0.3, -0.25) is 0 Å². The monoisotopic (exact) mass is 244 g/mol. The average molecular weight is 244 g/mol. The molecule has 5 nitrogen and oxygen atoms in total. The van der Waals surface area contributed by atoms with E-state index in [1.807, 2.05) is 13.8 Å². The molecule has 0 saturated carbocycles. The van der Waals surface area contributed by atoms with E-state index in [0.717, 1.165) is 13.0 Å². The molecule has 0 aromatic carbocycles. The molecule has 0 radical (unpaired) electrons. The summed E-state index contributed by atoms with van der Waals surface area (Å²) in [6.07, 6.45) is 1.12. The topological polar surface area (TPSA) is 71.5 Å². The Morgan fingerprint density at radius 1 is 1.69 bits per heavy atom. The average Bonchev–Trinajstić information content (AvgIpc) is 2.65. The molecule has 90 valence electrons. The van der Waals surface area contributed by atoms with Crippen molar-refractivity contribution in [3.05, 3.63) is 11.1 Å². The highest BCUT2D eigenvalue weighted by atomic mass is 32.1. The molecule has 1 rings (SSSR count). The van der Waals surface area contributed by atoms with Crippen molar-refractivity contribution >= 4 is 22.4 Å². The van der Waals surface area contributed by atoms with E-state index in [1.54, 1.807) is 0 Å². The summed E-state index contributed by atoms with van der Waals surface area (Å²) in [4.78, 5) is 14.5. The molecule has 0 bridgehead atoms. The van der Waals surface area contributed by atoms with Crippen molar-refractivity contribution in [2.75, 3.05) is 18.5 Å². The van der Waals surface area contributed by atoms with Gasteiger partial charge in [-0.2, -0.15) is 0 Å². The molecule has 0 aliphatic carbocycles. The van der Waals surface area contributed by atoms with Gasteiger partial charge in [0.15, 0.2) is 10.8 Å². The van der Waals surface area contributed by atoms with E-state index in [2.05, 4.69) is 10.3 Å². The lowest BCUT2D eigenvalue weighted by molar-refractivity contribution is 0.0691. The van der Waals surface area contributed by atoms with Crippen molar-refractivity contribution in [3.8, 4) is 0 Å². The van der Waals surface area contributed by atoms with E-state index in [-0.39, 0.29) is 11.8 Å². The normalized spacial score (nSPS) is 10.7. The summed E-state index contributed by atoms with van der Waals surface area (Å²) in [5.41, 5.74) is 0.0888. The first kappa shape index (κ1) is 12.9. The Morgan fingerprint density at radius 3 is 3.00 bits per heavy atom. The van der Waals surface area contributed by atoms with E-state index < -0.39 is 5.97 Å². The SMILES string of the molecule is CC(C)OCCCNc1nc(C(=O)O)cs1. The van der Waals surface area contributed by atoms with Gasteiger partial charge in [0.1, 0.15) is 0 Å². The van der Waals surface area contributed by atoms with Crippen molar-refractivity contribution in [3.63, 3.8) is 0 Å². The fourth-order valence-corrected chi connectivity index (χ4v) is 1.75. The van der Waals surface area contributed by atoms with Gasteiger partial charge >= 0.3 is 5.97 Å². The van der Waals surface area contributed by atoms with Gasteiger partial charge in [-0.25, -0.2) is 9.78 Å². The van der Waals surface area contributed by atoms with Crippen LogP contribution in [0.5, 0.6) is 0 Å². The molecule has 1 heterocycles. The van der Waals surface area contributed by atoms with Gasteiger partial charge in [-0.1, -0.05) is 0 Å². The van der Waals surface area contributed by atoms with E-state index in [0.29, 0.717) is 11.7 Å². The maximum atomic E-state index is 10.6. The molecule has 2 N–H and O–H groups in total. The number of ether oxygens (including phenoxy) is 1. The van der Waals surface area contributed by atoms with Crippen molar-refractivity contribution in [2.24, 2.45) is 0 Å². The lowest BCUT2D eigenvalue weighted by Crippen LogP contribution is -2.09. The molecule has 0 fully saturated rings. The molecule has 0 saturated heterocycles. The predicted octanol–water partition coefficient (Wildman–Crippen LogP) is 2.07. The number of rotatable bonds is 7. The summed E-state index contributed by atoms with van der Waals surface area (Å²) in [6, 6.07) is 0. The molecule has 0 atom stereocenters. The first-order valence-corrected chi connectivity index (χ1v) is 6.02. The highest BCUT2D eigenvalue weighted by molar-refractivity contribution is 7.13. The van der Waals surface area contributed by atoms with Crippen LogP contribution in [0.3, 0.4) is 0 Å². The predicted molar refractivity (Wildman–Crippen MR) is 63.3 cm³/mol. The Morgan fingerprint density at radius 2 is 2.44 bits per heavy atom. The zero-order valence-electron chi connectivity index (χ0n) is 9.40. The molecule has 6 heteroatoms. The second-order valence-electron chi connectivity index (χ2n) is 3.54. The Bertz CT molecular complexity index is 339. The Kier molecular flexibility index (Phi) is 5.21. The summed E-state index contributed by atoms with van der Waals surface area (Å²) in [5, 5.41) is 13.9. The van der Waals surface area contributed by atoms with Gasteiger partial charge < -0.3 is 15.2 Å². The van der Waals surface area contributed by atoms with Crippen molar-refractivity contribution < 1.29 is 14.6 Å². The lowest BCUT2D eigenvalue weighted by Gasteiger charge is -2.07. The minimum absolute atomic E-state index is 0.0888. The molecular weight excluding hydrogens is 228 g/mol. The largest absolute Gasteiger partial charge is 0.476 e. The minimum Gasteiger partial charge on any atom is -0.476 e. The van der Waals surface area contributed by atoms with Gasteiger partial charge in [0.05, 0.1) is 6.10 Å². The molecule has 0 amide bonds. The van der Waals surface area contributed by atoms with Gasteiger partial charge in [-0.15, -0.1) is 11.3 Å². The first-order chi connectivity index (χ1) is 7.59. The fourth-order valence-electron chi connectivity index (χ4n) is 1.04. The maximum Gasteiger partial charge on any atom is 0.355 e. The van der Waals surface area contributed by atoms with Crippen LogP contribution in [0.1, 0.15) is 30.8 Å². The second-order valence-corrected chi connectivity index (χ2v) is 4.40. The summed E-state index contributed by atoms with van der Waals surface area (Å²) in [5.74, 6) is -0.993. The first-order valence-electron chi connectivity index (χ1n) is 5.14. The standard InChI is InChI=1S/C10H16N2O3S/c1-7(2)15-5-3-4-11-10-12-8(6-16-10)9(13)14/h6-7H,3-5H2,1-2H3,(H,11,12)(H,13,14). The quantitative estimate of drug-likeness (QED) is 0.718. The van der Waals surface area contributed by atoms with E-state index >= 15 is 0 Å². The van der Waals surface area contributed by atoms with Gasteiger partial charge in [0.2, 0.25) is 0 Å². The van der Waals surface area contributed by atoms with Crippen molar-refractivity contribution in [2.45, 2.75) is 26.4 Å². The third-order valence-corrected chi connectivity index (χ3v) is 2.57. The van der Waals surface area contributed by atoms with Crippen LogP contribution in [-0.2, 0) is 4.74 Å². The number of carboxylic acids is 1. The molecule has 0 spiro atoms. The van der Waals surface area contributed by atoms with E-state index in [4.69, 9.17) is 9.84 Å². The summed E-state index contributed by atoms with van der Waals surface area (Å²) < 4.78 is 5.37. The van der Waals surface area contributed by atoms with Crippen molar-refractivity contribution in [1.82, 2.24) is 4.98 Å². The maximum absolute atomic E-state index is 10.6. The van der Waals surface area contributed by atoms with Crippen LogP contribution in [0.4, 0.5) is 5.13 Å². The third-order valence-electron chi connectivity index (χ3n) is 1.77. The van der Waals surface area contributed by atoms with E-state index in [1.165, 1.54) is 16.7 Å². The summed E-state index contributed by atoms with van der Waals surface area (Å²) in [7, 11) is 0. The summed E-state index contributed by atoms with van der Waals surface area (Å²) >= 11 is 1.30. The van der Waals surface area contributed by atoms with Gasteiger partial charge in [0.25, 0.3) is 0 Å². The van der Waals surface area contributed by atoms with Gasteiger partial charge in [0, 0.05) is 18.5 Å². The fraction of sp³-hybridized carbons (Fsp3) is 0.600. The number of hydrogen-bond donors (Lipinski definition) is 2. The van der Waals surface area contributed by atoms with Crippen LogP contribution in [0, 0.1) is 0 Å². The Balaban J connectivity index is 2.19. The van der Waals surface area contributed by atoms with Crippen molar-refractivity contribution in [1.29, 1.82) is 0 Å². The van der Waals surface area contributed by atoms with Crippen LogP contribution >= 0.6 is 11.3 Å². The molecule has 0 aliphatic rings. The highest BCUT2D eigenvalue weighted by Gasteiger charge is 2.07. The number of nitrogens with zero attached hydrogens (tertiary/aromatic N) is 1. The molecule has 1 aromatic heterocycles. The number of thiazole rings is 1. The smallest absolute Gasteiger partial charge is 0.355 e. The zero-order chi connectivity index (χ0) is 12.0. The number of aromatic nitrogens is 1. The number of nitrogens with one attached hydrogen (secondary N) is 1. The van der Waals surface area contributed by atoms with Gasteiger partial charge in [-0.05, 0) is 20.3 Å². The minimum atomic E-state index is -0.993. The molecule has 16 heavy (non-hydrogen) atoms. The third kappa shape index (κ3) is 4.59. The van der Waals surface area contributed by atoms with Crippen LogP contribution in [-0.4, -0.2) is 35.3 Å². The number of carboxylic acid groups (broad SMARTS) is 1. The zero-order valence-corrected chi connectivity index (χ0v) is 10.2. The van der Waals surface area contributed by atoms with Crippen LogP contribution in [0.15, 0.2) is 5.38 Å². The number of hydrogen-bond acceptors (Lipinski definition) is 5. The Labute approximate surface area is 98.5 Å². The van der Waals surface area contributed by atoms with Crippen LogP contribution < -0.4 is 5.32 Å².